The number of hydrogen-bond acceptors (Lipinski definition) is 1. The van der Waals surface area contributed by atoms with Crippen LogP contribution in [0.5, 0.6) is 0 Å². The minimum atomic E-state index is -0.495. The highest BCUT2D eigenvalue weighted by atomic mass is 16.2. The highest BCUT2D eigenvalue weighted by molar-refractivity contribution is 5.71. The largest absolute Gasteiger partial charge is 0.352 e. The van der Waals surface area contributed by atoms with E-state index in [2.05, 4.69) is 11.1 Å². The lowest BCUT2D eigenvalue weighted by Crippen LogP contribution is -2.24. The number of urea groups is 1. The zero-order valence-electron chi connectivity index (χ0n) is 4.99. The molecule has 0 aliphatic rings. The van der Waals surface area contributed by atoms with Crippen molar-refractivity contribution >= 4 is 6.03 Å². The second-order valence-corrected chi connectivity index (χ2v) is 0.614. The van der Waals surface area contributed by atoms with Crippen LogP contribution >= 0.6 is 0 Å². The summed E-state index contributed by atoms with van der Waals surface area (Å²) in [6.45, 7) is 4.00. The van der Waals surface area contributed by atoms with Crippen molar-refractivity contribution in [1.29, 1.82) is 0 Å². The van der Waals surface area contributed by atoms with Crippen LogP contribution in [0.3, 0.4) is 0 Å². The van der Waals surface area contributed by atoms with Gasteiger partial charge in [0.15, 0.2) is 0 Å². The van der Waals surface area contributed by atoms with Crippen molar-refractivity contribution in [2.75, 3.05) is 7.05 Å². The van der Waals surface area contributed by atoms with Gasteiger partial charge in [0.05, 0.1) is 0 Å². The Hall–Kier alpha value is -0.730. The molecule has 0 atom stereocenters. The Kier molecular flexibility index (Phi) is 12.3. The van der Waals surface area contributed by atoms with Gasteiger partial charge in [0.2, 0.25) is 0 Å². The van der Waals surface area contributed by atoms with E-state index in [9.17, 15) is 4.79 Å². The molecule has 0 fully saturated rings. The Morgan fingerprint density at radius 3 is 1.71 bits per heavy atom. The Balaban J connectivity index is 0. The Morgan fingerprint density at radius 1 is 1.57 bits per heavy atom. The molecular weight excluding hydrogens is 92.1 g/mol. The Labute approximate surface area is 43.9 Å². The van der Waals surface area contributed by atoms with E-state index in [1.165, 1.54) is 7.05 Å². The first-order chi connectivity index (χ1) is 3.27. The minimum Gasteiger partial charge on any atom is -0.352 e. The molecule has 7 heavy (non-hydrogen) atoms. The molecule has 0 saturated carbocycles. The van der Waals surface area contributed by atoms with Gasteiger partial charge >= 0.3 is 6.03 Å². The zero-order chi connectivity index (χ0) is 6.28. The number of rotatable bonds is 0. The Bertz CT molecular complexity index is 45.0. The van der Waals surface area contributed by atoms with Crippen LogP contribution in [0.4, 0.5) is 4.79 Å². The first-order valence-corrected chi connectivity index (χ1v) is 2.24. The summed E-state index contributed by atoms with van der Waals surface area (Å²) in [6.07, 6.45) is 0. The molecule has 3 heteroatoms. The average molecular weight is 104 g/mol. The predicted octanol–water partition coefficient (Wildman–Crippen LogP) is 0.311. The summed E-state index contributed by atoms with van der Waals surface area (Å²) in [5, 5.41) is 2.17. The minimum absolute atomic E-state index is 0.495. The highest BCUT2D eigenvalue weighted by Crippen LogP contribution is 1.38. The molecule has 0 spiro atoms. The van der Waals surface area contributed by atoms with Crippen molar-refractivity contribution in [3.63, 3.8) is 0 Å². The molecule has 3 N–H and O–H groups in total. The standard InChI is InChI=1S/C2H6N2O.C2H6/c1-4-2(3)5;1-2/h1H3,(H3,3,4,5);1-2H3. The summed E-state index contributed by atoms with van der Waals surface area (Å²) < 4.78 is 0. The Morgan fingerprint density at radius 2 is 1.71 bits per heavy atom. The average Bonchev–Trinajstić information content (AvgIpc) is 1.73. The van der Waals surface area contributed by atoms with Gasteiger partial charge in [-0.2, -0.15) is 0 Å². The third kappa shape index (κ3) is 34.9. The lowest BCUT2D eigenvalue weighted by molar-refractivity contribution is 0.251. The quantitative estimate of drug-likeness (QED) is 0.456. The third-order valence-electron chi connectivity index (χ3n) is 0.246. The number of nitrogens with one attached hydrogen (secondary N) is 1. The van der Waals surface area contributed by atoms with Crippen LogP contribution in [0.15, 0.2) is 0 Å². The van der Waals surface area contributed by atoms with Crippen LogP contribution in [-0.4, -0.2) is 13.1 Å². The van der Waals surface area contributed by atoms with E-state index < -0.39 is 6.03 Å². The number of primary amides is 1. The maximum absolute atomic E-state index is 9.48. The maximum atomic E-state index is 9.48. The number of hydrogen-bond donors (Lipinski definition) is 2. The molecule has 0 heterocycles. The highest BCUT2D eigenvalue weighted by Gasteiger charge is 1.72. The summed E-state index contributed by atoms with van der Waals surface area (Å²) in [7, 11) is 1.47. The molecule has 0 aromatic carbocycles. The summed E-state index contributed by atoms with van der Waals surface area (Å²) >= 11 is 0. The second-order valence-electron chi connectivity index (χ2n) is 0.614. The van der Waals surface area contributed by atoms with Crippen LogP contribution in [0.25, 0.3) is 0 Å². The summed E-state index contributed by atoms with van der Waals surface area (Å²) in [5.41, 5.74) is 4.54. The second kappa shape index (κ2) is 8.99. The van der Waals surface area contributed by atoms with E-state index >= 15 is 0 Å². The van der Waals surface area contributed by atoms with Crippen LogP contribution in [0, 0.1) is 0 Å². The van der Waals surface area contributed by atoms with Crippen LogP contribution in [-0.2, 0) is 0 Å². The number of nitrogens with two attached hydrogens (primary N) is 1. The van der Waals surface area contributed by atoms with Gasteiger partial charge in [-0.1, -0.05) is 13.8 Å². The summed E-state index contributed by atoms with van der Waals surface area (Å²) in [5.74, 6) is 0. The zero-order valence-corrected chi connectivity index (χ0v) is 4.99. The molecule has 0 aliphatic carbocycles. The van der Waals surface area contributed by atoms with E-state index in [4.69, 9.17) is 0 Å². The lowest BCUT2D eigenvalue weighted by atomic mass is 11.0. The molecule has 0 radical (unpaired) electrons. The lowest BCUT2D eigenvalue weighted by Gasteiger charge is -1.80. The van der Waals surface area contributed by atoms with Gasteiger partial charge in [0.1, 0.15) is 0 Å². The van der Waals surface area contributed by atoms with Gasteiger partial charge in [-0.3, -0.25) is 0 Å². The monoisotopic (exact) mass is 104 g/mol. The number of carbonyl (C=O) groups is 1. The fraction of sp³-hybridized carbons (Fsp3) is 0.750. The van der Waals surface area contributed by atoms with Crippen molar-refractivity contribution in [1.82, 2.24) is 5.32 Å². The van der Waals surface area contributed by atoms with Gasteiger partial charge in [0.25, 0.3) is 0 Å². The predicted molar refractivity (Wildman–Crippen MR) is 30.0 cm³/mol. The van der Waals surface area contributed by atoms with E-state index in [1.807, 2.05) is 13.8 Å². The molecule has 2 amide bonds. The van der Waals surface area contributed by atoms with Crippen molar-refractivity contribution < 1.29 is 4.79 Å². The number of carbonyl (C=O) groups excluding carboxylic acids is 1. The van der Waals surface area contributed by atoms with Crippen LogP contribution in [0.1, 0.15) is 13.8 Å². The first kappa shape index (κ1) is 9.55. The SMILES string of the molecule is CC.CNC(N)=O. The van der Waals surface area contributed by atoms with Crippen molar-refractivity contribution in [3.05, 3.63) is 0 Å². The fourth-order valence-corrected chi connectivity index (χ4v) is 0. The molecule has 0 aromatic heterocycles. The van der Waals surface area contributed by atoms with Crippen molar-refractivity contribution in [2.24, 2.45) is 5.73 Å². The maximum Gasteiger partial charge on any atom is 0.311 e. The van der Waals surface area contributed by atoms with Gasteiger partial charge in [-0.25, -0.2) is 4.79 Å². The van der Waals surface area contributed by atoms with Gasteiger partial charge < -0.3 is 11.1 Å². The summed E-state index contributed by atoms with van der Waals surface area (Å²) in [4.78, 5) is 9.48. The normalized spacial score (nSPS) is 5.57. The van der Waals surface area contributed by atoms with Gasteiger partial charge in [0, 0.05) is 7.05 Å². The van der Waals surface area contributed by atoms with Crippen molar-refractivity contribution in [3.8, 4) is 0 Å². The van der Waals surface area contributed by atoms with E-state index in [0.29, 0.717) is 0 Å². The van der Waals surface area contributed by atoms with Gasteiger partial charge in [-0.15, -0.1) is 0 Å². The number of amides is 2. The molecular formula is C4H12N2O. The van der Waals surface area contributed by atoms with Crippen LogP contribution in [0.2, 0.25) is 0 Å². The van der Waals surface area contributed by atoms with Gasteiger partial charge in [-0.05, 0) is 0 Å². The molecule has 0 saturated heterocycles. The van der Waals surface area contributed by atoms with Crippen molar-refractivity contribution in [2.45, 2.75) is 13.8 Å². The topological polar surface area (TPSA) is 55.1 Å². The smallest absolute Gasteiger partial charge is 0.311 e. The van der Waals surface area contributed by atoms with E-state index in [0.717, 1.165) is 0 Å². The molecule has 0 unspecified atom stereocenters. The molecule has 0 bridgehead atoms. The third-order valence-corrected chi connectivity index (χ3v) is 0.246. The molecule has 44 valence electrons. The van der Waals surface area contributed by atoms with E-state index in [1.54, 1.807) is 0 Å². The molecule has 0 aromatic rings. The first-order valence-electron chi connectivity index (χ1n) is 2.24. The molecule has 3 nitrogen and oxygen atoms in total. The summed E-state index contributed by atoms with van der Waals surface area (Å²) in [6, 6.07) is -0.495. The van der Waals surface area contributed by atoms with E-state index in [-0.39, 0.29) is 0 Å². The fourth-order valence-electron chi connectivity index (χ4n) is 0. The molecule has 0 aliphatic heterocycles. The van der Waals surface area contributed by atoms with Crippen LogP contribution < -0.4 is 11.1 Å². The molecule has 0 rings (SSSR count).